The fourth-order valence-corrected chi connectivity index (χ4v) is 0.967. The van der Waals surface area contributed by atoms with Crippen molar-refractivity contribution in [3.8, 4) is 0 Å². The first-order valence-corrected chi connectivity index (χ1v) is 5.14. The van der Waals surface area contributed by atoms with Crippen LogP contribution in [0.3, 0.4) is 0 Å². The molecule has 0 rings (SSSR count). The number of hydrogen-bond acceptors (Lipinski definition) is 6. The van der Waals surface area contributed by atoms with Crippen molar-refractivity contribution >= 4 is 17.8 Å². The van der Waals surface area contributed by atoms with E-state index >= 15 is 0 Å². The van der Waals surface area contributed by atoms with E-state index in [0.717, 1.165) is 0 Å². The third-order valence-electron chi connectivity index (χ3n) is 2.05. The Balaban J connectivity index is 4.37. The number of rotatable bonds is 7. The first kappa shape index (κ1) is 16.3. The SMILES string of the molecule is C[C@@H](O)[C@H](N)C(=O)N[C@@H](CO)C(=O)NCC(=O)O. The molecule has 2 amide bonds. The van der Waals surface area contributed by atoms with Crippen molar-refractivity contribution < 1.29 is 29.7 Å². The van der Waals surface area contributed by atoms with E-state index < -0.39 is 49.1 Å². The lowest BCUT2D eigenvalue weighted by Gasteiger charge is -2.19. The summed E-state index contributed by atoms with van der Waals surface area (Å²) in [7, 11) is 0. The molecule has 0 aromatic carbocycles. The second-order valence-electron chi connectivity index (χ2n) is 3.62. The number of aliphatic hydroxyl groups is 2. The summed E-state index contributed by atoms with van der Waals surface area (Å²) >= 11 is 0. The summed E-state index contributed by atoms with van der Waals surface area (Å²) in [4.78, 5) is 33.0. The van der Waals surface area contributed by atoms with Crippen LogP contribution in [0, 0.1) is 0 Å². The Morgan fingerprint density at radius 3 is 2.22 bits per heavy atom. The van der Waals surface area contributed by atoms with E-state index in [1.807, 2.05) is 5.32 Å². The number of amides is 2. The zero-order chi connectivity index (χ0) is 14.3. The van der Waals surface area contributed by atoms with Crippen LogP contribution in [0.1, 0.15) is 6.92 Å². The molecule has 18 heavy (non-hydrogen) atoms. The number of aliphatic hydroxyl groups excluding tert-OH is 2. The largest absolute Gasteiger partial charge is 0.480 e. The number of carboxylic acid groups (broad SMARTS) is 1. The summed E-state index contributed by atoms with van der Waals surface area (Å²) in [5.74, 6) is -2.94. The topological polar surface area (TPSA) is 162 Å². The highest BCUT2D eigenvalue weighted by Crippen LogP contribution is 1.91. The molecular formula is C9H17N3O6. The fourth-order valence-electron chi connectivity index (χ4n) is 0.967. The van der Waals surface area contributed by atoms with Gasteiger partial charge in [-0.15, -0.1) is 0 Å². The second-order valence-corrected chi connectivity index (χ2v) is 3.62. The van der Waals surface area contributed by atoms with Gasteiger partial charge in [-0.3, -0.25) is 14.4 Å². The van der Waals surface area contributed by atoms with Gasteiger partial charge in [0, 0.05) is 0 Å². The number of carbonyl (C=O) groups excluding carboxylic acids is 2. The third kappa shape index (κ3) is 5.57. The van der Waals surface area contributed by atoms with Gasteiger partial charge in [0.2, 0.25) is 11.8 Å². The summed E-state index contributed by atoms with van der Waals surface area (Å²) in [6, 6.07) is -2.56. The molecule has 0 unspecified atom stereocenters. The molecule has 0 aromatic rings. The molecule has 0 saturated heterocycles. The summed E-state index contributed by atoms with van der Waals surface area (Å²) in [5.41, 5.74) is 5.32. The zero-order valence-electron chi connectivity index (χ0n) is 9.79. The summed E-state index contributed by atoms with van der Waals surface area (Å²) < 4.78 is 0. The Morgan fingerprint density at radius 1 is 1.28 bits per heavy atom. The zero-order valence-corrected chi connectivity index (χ0v) is 9.79. The molecular weight excluding hydrogens is 246 g/mol. The summed E-state index contributed by atoms with van der Waals surface area (Å²) in [6.07, 6.45) is -1.12. The minimum Gasteiger partial charge on any atom is -0.480 e. The van der Waals surface area contributed by atoms with Crippen LogP contribution in [0.15, 0.2) is 0 Å². The van der Waals surface area contributed by atoms with E-state index in [1.165, 1.54) is 6.92 Å². The highest BCUT2D eigenvalue weighted by Gasteiger charge is 2.25. The van der Waals surface area contributed by atoms with Crippen LogP contribution >= 0.6 is 0 Å². The Bertz CT molecular complexity index is 319. The van der Waals surface area contributed by atoms with Crippen LogP contribution in [0.2, 0.25) is 0 Å². The molecule has 104 valence electrons. The summed E-state index contributed by atoms with van der Waals surface area (Å²) in [5, 5.41) is 30.4. The van der Waals surface area contributed by atoms with Gasteiger partial charge in [-0.1, -0.05) is 0 Å². The minimum absolute atomic E-state index is 0.631. The van der Waals surface area contributed by atoms with Crippen molar-refractivity contribution in [3.63, 3.8) is 0 Å². The molecule has 0 fully saturated rings. The molecule has 7 N–H and O–H groups in total. The molecule has 0 aliphatic heterocycles. The van der Waals surface area contributed by atoms with Crippen LogP contribution in [0.25, 0.3) is 0 Å². The van der Waals surface area contributed by atoms with Crippen LogP contribution < -0.4 is 16.4 Å². The van der Waals surface area contributed by atoms with Gasteiger partial charge < -0.3 is 31.7 Å². The molecule has 3 atom stereocenters. The normalized spacial score (nSPS) is 15.3. The number of carboxylic acids is 1. The summed E-state index contributed by atoms with van der Waals surface area (Å²) in [6.45, 7) is -0.0555. The van der Waals surface area contributed by atoms with Gasteiger partial charge in [-0.05, 0) is 6.92 Å². The van der Waals surface area contributed by atoms with Gasteiger partial charge in [0.05, 0.1) is 12.7 Å². The van der Waals surface area contributed by atoms with E-state index in [-0.39, 0.29) is 0 Å². The van der Waals surface area contributed by atoms with E-state index in [2.05, 4.69) is 5.32 Å². The van der Waals surface area contributed by atoms with Crippen molar-refractivity contribution in [2.45, 2.75) is 25.1 Å². The minimum atomic E-state index is -1.32. The Labute approximate surface area is 103 Å². The molecule has 9 heteroatoms. The van der Waals surface area contributed by atoms with E-state index in [4.69, 9.17) is 21.1 Å². The Morgan fingerprint density at radius 2 is 1.83 bits per heavy atom. The lowest BCUT2D eigenvalue weighted by atomic mass is 10.1. The van der Waals surface area contributed by atoms with Crippen LogP contribution in [0.5, 0.6) is 0 Å². The molecule has 0 saturated carbocycles. The maximum absolute atomic E-state index is 11.4. The molecule has 0 heterocycles. The van der Waals surface area contributed by atoms with Gasteiger partial charge in [-0.2, -0.15) is 0 Å². The molecule has 0 aliphatic rings. The highest BCUT2D eigenvalue weighted by molar-refractivity contribution is 5.91. The first-order chi connectivity index (χ1) is 8.29. The predicted octanol–water partition coefficient (Wildman–Crippen LogP) is -3.63. The standard InChI is InChI=1S/C9H17N3O6/c1-4(14)7(10)9(18)12-5(3-13)8(17)11-2-6(15)16/h4-5,7,13-14H,2-3,10H2,1H3,(H,11,17)(H,12,18)(H,15,16)/t4-,5+,7+/m1/s1. The average molecular weight is 263 g/mol. The number of carbonyl (C=O) groups is 3. The molecule has 9 nitrogen and oxygen atoms in total. The molecule has 0 aliphatic carbocycles. The maximum Gasteiger partial charge on any atom is 0.322 e. The molecule has 0 radical (unpaired) electrons. The van der Waals surface area contributed by atoms with Crippen molar-refractivity contribution in [3.05, 3.63) is 0 Å². The van der Waals surface area contributed by atoms with E-state index in [1.54, 1.807) is 0 Å². The molecule has 0 aromatic heterocycles. The van der Waals surface area contributed by atoms with Gasteiger partial charge in [0.25, 0.3) is 0 Å². The van der Waals surface area contributed by atoms with Gasteiger partial charge >= 0.3 is 5.97 Å². The average Bonchev–Trinajstić information content (AvgIpc) is 2.31. The van der Waals surface area contributed by atoms with Crippen LogP contribution in [-0.4, -0.2) is 64.4 Å². The van der Waals surface area contributed by atoms with Crippen molar-refractivity contribution in [2.75, 3.05) is 13.2 Å². The molecule has 0 bridgehead atoms. The smallest absolute Gasteiger partial charge is 0.322 e. The number of aliphatic carboxylic acids is 1. The molecule has 0 spiro atoms. The monoisotopic (exact) mass is 263 g/mol. The Kier molecular flexibility index (Phi) is 6.86. The number of nitrogens with one attached hydrogen (secondary N) is 2. The number of nitrogens with two attached hydrogens (primary N) is 1. The van der Waals surface area contributed by atoms with Crippen molar-refractivity contribution in [1.82, 2.24) is 10.6 Å². The predicted molar refractivity (Wildman–Crippen MR) is 59.3 cm³/mol. The second kappa shape index (κ2) is 7.58. The highest BCUT2D eigenvalue weighted by atomic mass is 16.4. The van der Waals surface area contributed by atoms with E-state index in [0.29, 0.717) is 0 Å². The maximum atomic E-state index is 11.4. The lowest BCUT2D eigenvalue weighted by molar-refractivity contribution is -0.138. The van der Waals surface area contributed by atoms with Crippen molar-refractivity contribution in [2.24, 2.45) is 5.73 Å². The van der Waals surface area contributed by atoms with Crippen molar-refractivity contribution in [1.29, 1.82) is 0 Å². The van der Waals surface area contributed by atoms with Gasteiger partial charge in [0.1, 0.15) is 18.6 Å². The quantitative estimate of drug-likeness (QED) is 0.276. The van der Waals surface area contributed by atoms with Crippen LogP contribution in [-0.2, 0) is 14.4 Å². The number of hydrogen-bond donors (Lipinski definition) is 6. The Hall–Kier alpha value is -1.71. The fraction of sp³-hybridized carbons (Fsp3) is 0.667. The van der Waals surface area contributed by atoms with Crippen LogP contribution in [0.4, 0.5) is 0 Å². The van der Waals surface area contributed by atoms with E-state index in [9.17, 15) is 14.4 Å². The third-order valence-corrected chi connectivity index (χ3v) is 2.05. The first-order valence-electron chi connectivity index (χ1n) is 5.14. The van der Waals surface area contributed by atoms with Gasteiger partial charge in [-0.25, -0.2) is 0 Å². The van der Waals surface area contributed by atoms with Gasteiger partial charge in [0.15, 0.2) is 0 Å². The lowest BCUT2D eigenvalue weighted by Crippen LogP contribution is -2.56.